The number of rotatable bonds is 8. The van der Waals surface area contributed by atoms with Crippen LogP contribution in [-0.2, 0) is 13.1 Å². The predicted molar refractivity (Wildman–Crippen MR) is 82.1 cm³/mol. The third kappa shape index (κ3) is 3.90. The Labute approximate surface area is 124 Å². The SMILES string of the molecule is CCCn1ccn(CCOc2ccccc2OCC)c1=O. The van der Waals surface area contributed by atoms with Gasteiger partial charge in [-0.05, 0) is 25.5 Å². The molecule has 5 heteroatoms. The lowest BCUT2D eigenvalue weighted by molar-refractivity contribution is 0.265. The van der Waals surface area contributed by atoms with Gasteiger partial charge in [0, 0.05) is 18.9 Å². The van der Waals surface area contributed by atoms with Gasteiger partial charge in [-0.15, -0.1) is 0 Å². The van der Waals surface area contributed by atoms with E-state index in [4.69, 9.17) is 9.47 Å². The molecule has 114 valence electrons. The Bertz CT molecular complexity index is 616. The largest absolute Gasteiger partial charge is 0.490 e. The lowest BCUT2D eigenvalue weighted by Crippen LogP contribution is -2.25. The Morgan fingerprint density at radius 3 is 2.19 bits per heavy atom. The molecule has 2 aromatic rings. The zero-order valence-electron chi connectivity index (χ0n) is 12.6. The average molecular weight is 290 g/mol. The van der Waals surface area contributed by atoms with E-state index in [1.165, 1.54) is 0 Å². The van der Waals surface area contributed by atoms with Crippen molar-refractivity contribution in [3.63, 3.8) is 0 Å². The Morgan fingerprint density at radius 2 is 1.57 bits per heavy atom. The third-order valence-corrected chi connectivity index (χ3v) is 3.12. The van der Waals surface area contributed by atoms with Crippen LogP contribution in [0.25, 0.3) is 0 Å². The van der Waals surface area contributed by atoms with Crippen LogP contribution in [0.2, 0.25) is 0 Å². The maximum absolute atomic E-state index is 12.0. The third-order valence-electron chi connectivity index (χ3n) is 3.12. The van der Waals surface area contributed by atoms with Crippen molar-refractivity contribution in [1.29, 1.82) is 0 Å². The molecule has 0 fully saturated rings. The van der Waals surface area contributed by atoms with E-state index in [2.05, 4.69) is 6.92 Å². The van der Waals surface area contributed by atoms with E-state index in [0.717, 1.165) is 18.7 Å². The molecule has 0 saturated carbocycles. The summed E-state index contributed by atoms with van der Waals surface area (Å²) in [6.07, 6.45) is 4.57. The molecule has 1 aromatic heterocycles. The van der Waals surface area contributed by atoms with Gasteiger partial charge in [0.15, 0.2) is 11.5 Å². The zero-order valence-corrected chi connectivity index (χ0v) is 12.6. The molecular formula is C16H22N2O3. The first-order valence-electron chi connectivity index (χ1n) is 7.36. The van der Waals surface area contributed by atoms with Gasteiger partial charge in [-0.25, -0.2) is 4.79 Å². The van der Waals surface area contributed by atoms with Crippen molar-refractivity contribution in [2.24, 2.45) is 0 Å². The van der Waals surface area contributed by atoms with E-state index in [0.29, 0.717) is 25.5 Å². The number of imidazole rings is 1. The fourth-order valence-electron chi connectivity index (χ4n) is 2.13. The van der Waals surface area contributed by atoms with Gasteiger partial charge < -0.3 is 9.47 Å². The Hall–Kier alpha value is -2.17. The van der Waals surface area contributed by atoms with Gasteiger partial charge in [0.1, 0.15) is 6.61 Å². The molecule has 0 spiro atoms. The molecule has 0 radical (unpaired) electrons. The highest BCUT2D eigenvalue weighted by atomic mass is 16.5. The molecule has 0 aliphatic rings. The summed E-state index contributed by atoms with van der Waals surface area (Å²) < 4.78 is 14.6. The molecule has 0 aliphatic carbocycles. The molecule has 0 amide bonds. The molecule has 1 aromatic carbocycles. The van der Waals surface area contributed by atoms with Crippen molar-refractivity contribution in [1.82, 2.24) is 9.13 Å². The summed E-state index contributed by atoms with van der Waals surface area (Å²) in [5, 5.41) is 0. The standard InChI is InChI=1S/C16H22N2O3/c1-3-9-17-10-11-18(16(17)19)12-13-21-15-8-6-5-7-14(15)20-4-2/h5-8,10-11H,3-4,9,12-13H2,1-2H3. The number of ether oxygens (including phenoxy) is 2. The van der Waals surface area contributed by atoms with E-state index in [1.54, 1.807) is 15.3 Å². The van der Waals surface area contributed by atoms with Crippen LogP contribution in [0.1, 0.15) is 20.3 Å². The van der Waals surface area contributed by atoms with Gasteiger partial charge in [0.05, 0.1) is 13.2 Å². The first-order valence-corrected chi connectivity index (χ1v) is 7.36. The minimum atomic E-state index is 0.0125. The molecule has 2 rings (SSSR count). The maximum Gasteiger partial charge on any atom is 0.328 e. The normalized spacial score (nSPS) is 10.6. The van der Waals surface area contributed by atoms with Crippen LogP contribution in [0.15, 0.2) is 41.5 Å². The summed E-state index contributed by atoms with van der Waals surface area (Å²) in [4.78, 5) is 12.0. The van der Waals surface area contributed by atoms with Crippen LogP contribution in [-0.4, -0.2) is 22.3 Å². The van der Waals surface area contributed by atoms with Gasteiger partial charge >= 0.3 is 5.69 Å². The number of nitrogens with zero attached hydrogens (tertiary/aromatic N) is 2. The van der Waals surface area contributed by atoms with Crippen LogP contribution in [0.4, 0.5) is 0 Å². The number of aryl methyl sites for hydroxylation is 1. The minimum absolute atomic E-state index is 0.0125. The first-order chi connectivity index (χ1) is 10.3. The van der Waals surface area contributed by atoms with Crippen molar-refractivity contribution in [3.8, 4) is 11.5 Å². The number of benzene rings is 1. The number of hydrogen-bond acceptors (Lipinski definition) is 3. The van der Waals surface area contributed by atoms with Crippen LogP contribution < -0.4 is 15.2 Å². The molecule has 1 heterocycles. The molecule has 0 N–H and O–H groups in total. The molecule has 0 atom stereocenters. The number of aromatic nitrogens is 2. The smallest absolute Gasteiger partial charge is 0.328 e. The molecule has 0 bridgehead atoms. The summed E-state index contributed by atoms with van der Waals surface area (Å²) >= 11 is 0. The van der Waals surface area contributed by atoms with Gasteiger partial charge in [-0.3, -0.25) is 9.13 Å². The average Bonchev–Trinajstić information content (AvgIpc) is 2.83. The van der Waals surface area contributed by atoms with E-state index in [-0.39, 0.29) is 5.69 Å². The van der Waals surface area contributed by atoms with E-state index in [9.17, 15) is 4.79 Å². The van der Waals surface area contributed by atoms with Crippen LogP contribution in [0.5, 0.6) is 11.5 Å². The molecular weight excluding hydrogens is 268 g/mol. The lowest BCUT2D eigenvalue weighted by Gasteiger charge is -2.11. The summed E-state index contributed by atoms with van der Waals surface area (Å²) in [5.41, 5.74) is 0.0125. The lowest BCUT2D eigenvalue weighted by atomic mass is 10.3. The number of hydrogen-bond donors (Lipinski definition) is 0. The van der Waals surface area contributed by atoms with E-state index >= 15 is 0 Å². The van der Waals surface area contributed by atoms with Crippen molar-refractivity contribution in [2.75, 3.05) is 13.2 Å². The van der Waals surface area contributed by atoms with Crippen LogP contribution >= 0.6 is 0 Å². The second kappa shape index (κ2) is 7.57. The quantitative estimate of drug-likeness (QED) is 0.750. The number of para-hydroxylation sites is 2. The van der Waals surface area contributed by atoms with Crippen LogP contribution in [0.3, 0.4) is 0 Å². The second-order valence-electron chi connectivity index (χ2n) is 4.70. The zero-order chi connectivity index (χ0) is 15.1. The summed E-state index contributed by atoms with van der Waals surface area (Å²) in [7, 11) is 0. The van der Waals surface area contributed by atoms with Gasteiger partial charge in [0.25, 0.3) is 0 Å². The summed E-state index contributed by atoms with van der Waals surface area (Å²) in [6, 6.07) is 7.56. The Morgan fingerprint density at radius 1 is 0.952 bits per heavy atom. The first kappa shape index (κ1) is 15.2. The second-order valence-corrected chi connectivity index (χ2v) is 4.70. The minimum Gasteiger partial charge on any atom is -0.490 e. The Kier molecular flexibility index (Phi) is 5.49. The van der Waals surface area contributed by atoms with E-state index < -0.39 is 0 Å². The summed E-state index contributed by atoms with van der Waals surface area (Å²) in [6.45, 7) is 6.29. The van der Waals surface area contributed by atoms with Gasteiger partial charge in [-0.1, -0.05) is 19.1 Å². The van der Waals surface area contributed by atoms with Gasteiger partial charge in [0.2, 0.25) is 0 Å². The molecule has 5 nitrogen and oxygen atoms in total. The highest BCUT2D eigenvalue weighted by Gasteiger charge is 2.05. The van der Waals surface area contributed by atoms with Crippen LogP contribution in [0, 0.1) is 0 Å². The highest BCUT2D eigenvalue weighted by Crippen LogP contribution is 2.26. The van der Waals surface area contributed by atoms with Crippen molar-refractivity contribution in [2.45, 2.75) is 33.4 Å². The highest BCUT2D eigenvalue weighted by molar-refractivity contribution is 5.39. The molecule has 0 aliphatic heterocycles. The van der Waals surface area contributed by atoms with Gasteiger partial charge in [-0.2, -0.15) is 0 Å². The van der Waals surface area contributed by atoms with Crippen molar-refractivity contribution < 1.29 is 9.47 Å². The predicted octanol–water partition coefficient (Wildman–Crippen LogP) is 2.54. The topological polar surface area (TPSA) is 45.4 Å². The summed E-state index contributed by atoms with van der Waals surface area (Å²) in [5.74, 6) is 1.44. The maximum atomic E-state index is 12.0. The Balaban J connectivity index is 1.94. The van der Waals surface area contributed by atoms with Crippen molar-refractivity contribution >= 4 is 0 Å². The molecule has 21 heavy (non-hydrogen) atoms. The fraction of sp³-hybridized carbons (Fsp3) is 0.438. The fourth-order valence-corrected chi connectivity index (χ4v) is 2.13. The van der Waals surface area contributed by atoms with Crippen molar-refractivity contribution in [3.05, 3.63) is 47.1 Å². The molecule has 0 unspecified atom stereocenters. The van der Waals surface area contributed by atoms with E-state index in [1.807, 2.05) is 37.4 Å². The monoisotopic (exact) mass is 290 g/mol. The molecule has 0 saturated heterocycles.